The van der Waals surface area contributed by atoms with Crippen LogP contribution in [0.3, 0.4) is 0 Å². The zero-order valence-electron chi connectivity index (χ0n) is 17.7. The highest BCUT2D eigenvalue weighted by Gasteiger charge is 2.33. The molecule has 1 saturated heterocycles. The summed E-state index contributed by atoms with van der Waals surface area (Å²) in [6.07, 6.45) is 8.30. The Hall–Kier alpha value is -2.34. The summed E-state index contributed by atoms with van der Waals surface area (Å²) in [5, 5.41) is 4.91. The molecule has 0 radical (unpaired) electrons. The van der Waals surface area contributed by atoms with E-state index < -0.39 is 0 Å². The van der Waals surface area contributed by atoms with E-state index in [1.54, 1.807) is 17.0 Å². The number of carbonyl (C=O) groups is 2. The number of fused-ring (bicyclic) bond motifs is 1. The zero-order valence-corrected chi connectivity index (χ0v) is 18.4. The van der Waals surface area contributed by atoms with Crippen molar-refractivity contribution in [3.63, 3.8) is 0 Å². The van der Waals surface area contributed by atoms with Crippen LogP contribution in [0.2, 0.25) is 5.02 Å². The van der Waals surface area contributed by atoms with Crippen LogP contribution in [0.15, 0.2) is 28.8 Å². The largest absolute Gasteiger partial charge is 0.351 e. The lowest BCUT2D eigenvalue weighted by atomic mass is 9.87. The molecule has 3 heterocycles. The fourth-order valence-corrected chi connectivity index (χ4v) is 5.52. The lowest BCUT2D eigenvalue weighted by Gasteiger charge is -2.35. The number of anilines is 1. The van der Waals surface area contributed by atoms with Crippen molar-refractivity contribution in [3.8, 4) is 0 Å². The van der Waals surface area contributed by atoms with Crippen LogP contribution < -0.4 is 4.90 Å². The van der Waals surface area contributed by atoms with Crippen molar-refractivity contribution >= 4 is 29.1 Å². The number of benzene rings is 1. The molecule has 0 bridgehead atoms. The molecule has 1 saturated carbocycles. The molecule has 0 spiro atoms. The Morgan fingerprint density at radius 3 is 2.71 bits per heavy atom. The Morgan fingerprint density at radius 2 is 1.87 bits per heavy atom. The fraction of sp³-hybridized carbons (Fsp3) is 0.542. The molecule has 3 aliphatic rings. The maximum Gasteiger partial charge on any atom is 0.296 e. The van der Waals surface area contributed by atoms with E-state index in [2.05, 4.69) is 5.16 Å². The lowest BCUT2D eigenvalue weighted by molar-refractivity contribution is -0.137. The molecule has 1 aromatic heterocycles. The highest BCUT2D eigenvalue weighted by Crippen LogP contribution is 2.33. The van der Waals surface area contributed by atoms with Crippen molar-refractivity contribution < 1.29 is 14.1 Å². The zero-order chi connectivity index (χ0) is 21.4. The van der Waals surface area contributed by atoms with Gasteiger partial charge in [-0.25, -0.2) is 0 Å². The summed E-state index contributed by atoms with van der Waals surface area (Å²) in [5.74, 6) is 0.692. The van der Waals surface area contributed by atoms with Gasteiger partial charge in [-0.1, -0.05) is 36.0 Å². The van der Waals surface area contributed by atoms with Gasteiger partial charge in [-0.15, -0.1) is 0 Å². The number of rotatable bonds is 3. The van der Waals surface area contributed by atoms with Crippen LogP contribution in [0.25, 0.3) is 0 Å². The molecule has 1 atom stereocenters. The van der Waals surface area contributed by atoms with Gasteiger partial charge in [-0.05, 0) is 55.9 Å². The number of aromatic nitrogens is 1. The summed E-state index contributed by atoms with van der Waals surface area (Å²) < 4.78 is 5.47. The number of piperidine rings is 1. The lowest BCUT2D eigenvalue weighted by Crippen LogP contribution is -2.42. The maximum atomic E-state index is 13.1. The van der Waals surface area contributed by atoms with Crippen LogP contribution in [0.5, 0.6) is 0 Å². The first-order valence-corrected chi connectivity index (χ1v) is 11.8. The molecule has 1 aromatic carbocycles. The molecule has 5 rings (SSSR count). The van der Waals surface area contributed by atoms with Crippen LogP contribution in [0, 0.1) is 5.92 Å². The molecule has 164 valence electrons. The van der Waals surface area contributed by atoms with Crippen LogP contribution in [-0.4, -0.2) is 41.5 Å². The van der Waals surface area contributed by atoms with Crippen molar-refractivity contribution in [1.29, 1.82) is 0 Å². The predicted molar refractivity (Wildman–Crippen MR) is 118 cm³/mol. The van der Waals surface area contributed by atoms with Crippen molar-refractivity contribution in [2.75, 3.05) is 24.5 Å². The molecule has 0 unspecified atom stereocenters. The van der Waals surface area contributed by atoms with Gasteiger partial charge >= 0.3 is 0 Å². The van der Waals surface area contributed by atoms with E-state index in [1.807, 2.05) is 17.0 Å². The molecule has 6 nitrogen and oxygen atoms in total. The average molecular weight is 442 g/mol. The maximum absolute atomic E-state index is 13.1. The van der Waals surface area contributed by atoms with E-state index in [4.69, 9.17) is 16.1 Å². The third kappa shape index (κ3) is 4.10. The van der Waals surface area contributed by atoms with Gasteiger partial charge in [0.15, 0.2) is 0 Å². The molecular formula is C24H28ClN3O3. The number of amides is 2. The SMILES string of the molecule is O=C(C1CCCCC1)N1CCC[C@H](c2cc(C(=O)N3CCc4cc(Cl)ccc43)on2)C1. The van der Waals surface area contributed by atoms with Gasteiger partial charge in [-0.2, -0.15) is 0 Å². The van der Waals surface area contributed by atoms with Gasteiger partial charge in [0.25, 0.3) is 5.91 Å². The Balaban J connectivity index is 1.27. The normalized spacial score (nSPS) is 21.9. The van der Waals surface area contributed by atoms with Crippen molar-refractivity contribution in [2.24, 2.45) is 5.92 Å². The molecule has 31 heavy (non-hydrogen) atoms. The first-order valence-electron chi connectivity index (χ1n) is 11.5. The first kappa shape index (κ1) is 20.6. The quantitative estimate of drug-likeness (QED) is 0.685. The van der Waals surface area contributed by atoms with E-state index in [0.29, 0.717) is 24.0 Å². The fourth-order valence-electron chi connectivity index (χ4n) is 5.32. The Bertz CT molecular complexity index is 982. The van der Waals surface area contributed by atoms with Crippen LogP contribution in [-0.2, 0) is 11.2 Å². The highest BCUT2D eigenvalue weighted by atomic mass is 35.5. The van der Waals surface area contributed by atoms with Gasteiger partial charge in [0, 0.05) is 48.2 Å². The Labute approximate surface area is 187 Å². The van der Waals surface area contributed by atoms with Crippen molar-refractivity contribution in [2.45, 2.75) is 57.3 Å². The molecule has 2 fully saturated rings. The third-order valence-electron chi connectivity index (χ3n) is 7.03. The topological polar surface area (TPSA) is 66.7 Å². The highest BCUT2D eigenvalue weighted by molar-refractivity contribution is 6.30. The number of hydrogen-bond donors (Lipinski definition) is 0. The van der Waals surface area contributed by atoms with E-state index in [9.17, 15) is 9.59 Å². The molecular weight excluding hydrogens is 414 g/mol. The second kappa shape index (κ2) is 8.65. The molecule has 7 heteroatoms. The Kier molecular flexibility index (Phi) is 5.74. The van der Waals surface area contributed by atoms with Gasteiger partial charge < -0.3 is 14.3 Å². The summed E-state index contributed by atoms with van der Waals surface area (Å²) in [5.41, 5.74) is 2.74. The average Bonchev–Trinajstić information content (AvgIpc) is 3.46. The number of halogens is 1. The smallest absolute Gasteiger partial charge is 0.296 e. The van der Waals surface area contributed by atoms with Gasteiger partial charge in [0.05, 0.1) is 5.69 Å². The van der Waals surface area contributed by atoms with Crippen LogP contribution in [0.4, 0.5) is 5.69 Å². The summed E-state index contributed by atoms with van der Waals surface area (Å²) in [7, 11) is 0. The predicted octanol–water partition coefficient (Wildman–Crippen LogP) is 4.82. The Morgan fingerprint density at radius 1 is 1.03 bits per heavy atom. The summed E-state index contributed by atoms with van der Waals surface area (Å²) in [4.78, 5) is 29.8. The van der Waals surface area contributed by atoms with Crippen LogP contribution >= 0.6 is 11.6 Å². The van der Waals surface area contributed by atoms with E-state index in [-0.39, 0.29) is 23.5 Å². The molecule has 2 amide bonds. The summed E-state index contributed by atoms with van der Waals surface area (Å²) in [6.45, 7) is 2.10. The van der Waals surface area contributed by atoms with Gasteiger partial charge in [-0.3, -0.25) is 9.59 Å². The minimum Gasteiger partial charge on any atom is -0.351 e. The first-order chi connectivity index (χ1) is 15.1. The van der Waals surface area contributed by atoms with Gasteiger partial charge in [0.1, 0.15) is 0 Å². The molecule has 2 aliphatic heterocycles. The van der Waals surface area contributed by atoms with Crippen molar-refractivity contribution in [3.05, 3.63) is 46.3 Å². The molecule has 2 aromatic rings. The summed E-state index contributed by atoms with van der Waals surface area (Å²) >= 11 is 6.08. The van der Waals surface area contributed by atoms with E-state index in [1.165, 1.54) is 6.42 Å². The van der Waals surface area contributed by atoms with E-state index >= 15 is 0 Å². The van der Waals surface area contributed by atoms with E-state index in [0.717, 1.165) is 68.4 Å². The van der Waals surface area contributed by atoms with Crippen LogP contribution in [0.1, 0.15) is 72.7 Å². The third-order valence-corrected chi connectivity index (χ3v) is 7.26. The number of hydrogen-bond acceptors (Lipinski definition) is 4. The second-order valence-electron chi connectivity index (χ2n) is 9.05. The number of nitrogens with zero attached hydrogens (tertiary/aromatic N) is 3. The standard InChI is InChI=1S/C24H28ClN3O3/c25-19-8-9-21-17(13-19)10-12-28(21)24(30)22-14-20(26-31-22)18-7-4-11-27(15-18)23(29)16-5-2-1-3-6-16/h8-9,13-14,16,18H,1-7,10-12,15H2/t18-/m0/s1. The van der Waals surface area contributed by atoms with Gasteiger partial charge in [0.2, 0.25) is 11.7 Å². The summed E-state index contributed by atoms with van der Waals surface area (Å²) in [6, 6.07) is 7.37. The van der Waals surface area contributed by atoms with Crippen molar-refractivity contribution in [1.82, 2.24) is 10.1 Å². The second-order valence-corrected chi connectivity index (χ2v) is 9.49. The minimum atomic E-state index is -0.175. The molecule has 1 aliphatic carbocycles. The molecule has 0 N–H and O–H groups in total. The minimum absolute atomic E-state index is 0.122. The monoisotopic (exact) mass is 441 g/mol. The number of likely N-dealkylation sites (tertiary alicyclic amines) is 1. The number of carbonyl (C=O) groups excluding carboxylic acids is 2.